The van der Waals surface area contributed by atoms with E-state index in [1.807, 2.05) is 48.5 Å². The molecular weight excluding hydrogens is 254 g/mol. The molecule has 0 saturated carbocycles. The average Bonchev–Trinajstić information content (AvgIpc) is 2.78. The maximum absolute atomic E-state index is 12.7. The average molecular weight is 270 g/mol. The highest BCUT2D eigenvalue weighted by Gasteiger charge is 2.39. The van der Waals surface area contributed by atoms with Gasteiger partial charge in [-0.2, -0.15) is 0 Å². The maximum Gasteiger partial charge on any atom is 0.244 e. The number of hydrogen-bond acceptors (Lipinski definition) is 3. The Morgan fingerprint density at radius 2 is 1.90 bits per heavy atom. The first kappa shape index (κ1) is 12.6. The van der Waals surface area contributed by atoms with Crippen molar-refractivity contribution in [3.05, 3.63) is 53.1 Å². The van der Waals surface area contributed by atoms with Crippen LogP contribution in [-0.2, 0) is 7.05 Å². The first-order valence-electron chi connectivity index (χ1n) is 6.53. The minimum absolute atomic E-state index is 0.0303. The number of aryl methyl sites for hydroxylation is 1. The summed E-state index contributed by atoms with van der Waals surface area (Å²) < 4.78 is 3.75. The van der Waals surface area contributed by atoms with Crippen LogP contribution < -0.4 is 4.57 Å². The monoisotopic (exact) mass is 270 g/mol. The Hall–Kier alpha value is -2.43. The summed E-state index contributed by atoms with van der Waals surface area (Å²) in [5.41, 5.74) is 2.93. The Bertz CT molecular complexity index is 742. The quantitative estimate of drug-likeness (QED) is 0.415. The summed E-state index contributed by atoms with van der Waals surface area (Å²) in [5.74, 6) is -0.0303. The molecule has 0 bridgehead atoms. The van der Waals surface area contributed by atoms with Crippen LogP contribution >= 0.6 is 0 Å². The van der Waals surface area contributed by atoms with Crippen molar-refractivity contribution in [2.75, 3.05) is 0 Å². The molecule has 2 aromatic rings. The number of imidazole rings is 1. The predicted molar refractivity (Wildman–Crippen MR) is 73.3 cm³/mol. The summed E-state index contributed by atoms with van der Waals surface area (Å²) in [5, 5.41) is 12.8. The molecule has 0 radical (unpaired) electrons. The van der Waals surface area contributed by atoms with Gasteiger partial charge in [0.1, 0.15) is 0 Å². The van der Waals surface area contributed by atoms with Crippen molar-refractivity contribution < 1.29 is 14.6 Å². The van der Waals surface area contributed by atoms with Gasteiger partial charge in [0.05, 0.1) is 13.1 Å². The normalized spacial score (nSPS) is 15.6. The Morgan fingerprint density at radius 3 is 2.50 bits per heavy atom. The van der Waals surface area contributed by atoms with Gasteiger partial charge in [-0.05, 0) is 13.8 Å². The van der Waals surface area contributed by atoms with E-state index in [0.717, 1.165) is 0 Å². The van der Waals surface area contributed by atoms with Gasteiger partial charge in [0.15, 0.2) is 5.71 Å². The highest BCUT2D eigenvalue weighted by Crippen LogP contribution is 2.27. The van der Waals surface area contributed by atoms with Crippen molar-refractivity contribution in [2.45, 2.75) is 19.9 Å². The molecule has 0 unspecified atom stereocenters. The summed E-state index contributed by atoms with van der Waals surface area (Å²) in [6.45, 7) is 4.04. The van der Waals surface area contributed by atoms with Crippen LogP contribution in [0.15, 0.2) is 35.7 Å². The molecular formula is C15H16N3O2+. The number of nitrogens with zero attached hydrogens (tertiary/aromatic N) is 3. The molecule has 0 atom stereocenters. The van der Waals surface area contributed by atoms with Crippen LogP contribution in [-0.4, -0.2) is 21.3 Å². The Labute approximate surface area is 116 Å². The van der Waals surface area contributed by atoms with E-state index in [2.05, 4.69) is 5.16 Å². The zero-order valence-corrected chi connectivity index (χ0v) is 11.7. The third-order valence-corrected chi connectivity index (χ3v) is 3.66. The van der Waals surface area contributed by atoms with Crippen LogP contribution in [0.1, 0.15) is 47.2 Å². The Balaban J connectivity index is 2.38. The fraction of sp³-hybridized carbons (Fsp3) is 0.267. The van der Waals surface area contributed by atoms with Crippen molar-refractivity contribution in [3.8, 4) is 0 Å². The van der Waals surface area contributed by atoms with Crippen molar-refractivity contribution in [2.24, 2.45) is 12.2 Å². The fourth-order valence-electron chi connectivity index (χ4n) is 2.73. The van der Waals surface area contributed by atoms with E-state index in [-0.39, 0.29) is 11.8 Å². The number of rotatable bonds is 1. The van der Waals surface area contributed by atoms with Crippen LogP contribution in [0.25, 0.3) is 0 Å². The molecule has 0 fully saturated rings. The van der Waals surface area contributed by atoms with Gasteiger partial charge in [-0.25, -0.2) is 9.13 Å². The molecule has 0 aliphatic heterocycles. The van der Waals surface area contributed by atoms with Crippen LogP contribution in [0.2, 0.25) is 0 Å². The van der Waals surface area contributed by atoms with E-state index in [4.69, 9.17) is 0 Å². The zero-order valence-electron chi connectivity index (χ0n) is 11.7. The van der Waals surface area contributed by atoms with E-state index in [0.29, 0.717) is 28.2 Å². The maximum atomic E-state index is 12.7. The van der Waals surface area contributed by atoms with E-state index < -0.39 is 0 Å². The first-order valence-corrected chi connectivity index (χ1v) is 6.53. The van der Waals surface area contributed by atoms with E-state index >= 15 is 0 Å². The summed E-state index contributed by atoms with van der Waals surface area (Å²) in [4.78, 5) is 12.7. The number of carbonyl (C=O) groups excluding carboxylic acids is 1. The number of fused-ring (bicyclic) bond motifs is 2. The van der Waals surface area contributed by atoms with Gasteiger partial charge in [0, 0.05) is 11.1 Å². The van der Waals surface area contributed by atoms with Crippen LogP contribution in [0, 0.1) is 0 Å². The number of hydrogen-bond donors (Lipinski definition) is 1. The summed E-state index contributed by atoms with van der Waals surface area (Å²) in [6.07, 6.45) is 1.87. The second-order valence-corrected chi connectivity index (χ2v) is 5.25. The summed E-state index contributed by atoms with van der Waals surface area (Å²) >= 11 is 0. The lowest BCUT2D eigenvalue weighted by Crippen LogP contribution is -2.37. The molecule has 20 heavy (non-hydrogen) atoms. The van der Waals surface area contributed by atoms with Gasteiger partial charge in [-0.1, -0.05) is 29.4 Å². The molecule has 1 N–H and O–H groups in total. The summed E-state index contributed by atoms with van der Waals surface area (Å²) in [7, 11) is 1.85. The molecule has 1 aromatic heterocycles. The van der Waals surface area contributed by atoms with E-state index in [9.17, 15) is 10.0 Å². The van der Waals surface area contributed by atoms with Gasteiger partial charge in [0.25, 0.3) is 0 Å². The minimum Gasteiger partial charge on any atom is -0.410 e. The van der Waals surface area contributed by atoms with Crippen LogP contribution in [0.4, 0.5) is 0 Å². The molecule has 0 spiro atoms. The van der Waals surface area contributed by atoms with Gasteiger partial charge in [-0.3, -0.25) is 4.79 Å². The minimum atomic E-state index is -0.0303. The Kier molecular flexibility index (Phi) is 2.71. The molecule has 0 amide bonds. The molecule has 3 rings (SSSR count). The van der Waals surface area contributed by atoms with Gasteiger partial charge in [0.2, 0.25) is 23.5 Å². The number of ketones is 1. The van der Waals surface area contributed by atoms with Crippen molar-refractivity contribution in [3.63, 3.8) is 0 Å². The lowest BCUT2D eigenvalue weighted by Gasteiger charge is -2.15. The highest BCUT2D eigenvalue weighted by molar-refractivity contribution is 6.28. The second kappa shape index (κ2) is 4.30. The molecule has 1 aliphatic carbocycles. The molecule has 1 aliphatic rings. The first-order chi connectivity index (χ1) is 9.56. The standard InChI is InChI=1S/C15H15N3O2/c1-9(2)18-8-17(3)13-12(16-20)10-6-4-5-7-11(10)15(19)14(13)18/h4-9H,1-3H3/p+1. The smallest absolute Gasteiger partial charge is 0.244 e. The van der Waals surface area contributed by atoms with Crippen molar-refractivity contribution in [1.82, 2.24) is 4.57 Å². The Morgan fingerprint density at radius 1 is 1.25 bits per heavy atom. The zero-order chi connectivity index (χ0) is 14.4. The fourth-order valence-corrected chi connectivity index (χ4v) is 2.73. The number of carbonyl (C=O) groups is 1. The number of oxime groups is 1. The molecule has 0 saturated heterocycles. The summed E-state index contributed by atoms with van der Waals surface area (Å²) in [6, 6.07) is 7.38. The van der Waals surface area contributed by atoms with Gasteiger partial charge in [-0.15, -0.1) is 0 Å². The van der Waals surface area contributed by atoms with Crippen molar-refractivity contribution >= 4 is 11.5 Å². The molecule has 1 aromatic carbocycles. The van der Waals surface area contributed by atoms with E-state index in [1.54, 1.807) is 12.1 Å². The van der Waals surface area contributed by atoms with Crippen molar-refractivity contribution in [1.29, 1.82) is 0 Å². The third kappa shape index (κ3) is 1.52. The van der Waals surface area contributed by atoms with Crippen LogP contribution in [0.5, 0.6) is 0 Å². The van der Waals surface area contributed by atoms with E-state index in [1.165, 1.54) is 0 Å². The van der Waals surface area contributed by atoms with Gasteiger partial charge < -0.3 is 5.21 Å². The predicted octanol–water partition coefficient (Wildman–Crippen LogP) is 1.66. The molecule has 1 heterocycles. The topological polar surface area (TPSA) is 58.5 Å². The SMILES string of the molecule is CC(C)n1c[n+](C)c2c1C(=O)c1ccccc1C2=NO. The molecule has 102 valence electrons. The third-order valence-electron chi connectivity index (χ3n) is 3.66. The number of benzene rings is 1. The lowest BCUT2D eigenvalue weighted by atomic mass is 9.89. The largest absolute Gasteiger partial charge is 0.410 e. The van der Waals surface area contributed by atoms with Crippen LogP contribution in [0.3, 0.4) is 0 Å². The molecule has 5 heteroatoms. The lowest BCUT2D eigenvalue weighted by molar-refractivity contribution is -0.672. The van der Waals surface area contributed by atoms with Gasteiger partial charge >= 0.3 is 0 Å². The molecule has 5 nitrogen and oxygen atoms in total. The highest BCUT2D eigenvalue weighted by atomic mass is 16.4. The second-order valence-electron chi connectivity index (χ2n) is 5.25. The number of aromatic nitrogens is 2.